The van der Waals surface area contributed by atoms with E-state index in [0.717, 1.165) is 30.2 Å². The molecule has 4 rings (SSSR count). The lowest BCUT2D eigenvalue weighted by Gasteiger charge is -2.35. The van der Waals surface area contributed by atoms with Gasteiger partial charge in [-0.1, -0.05) is 0 Å². The Morgan fingerprint density at radius 3 is 2.26 bits per heavy atom. The zero-order chi connectivity index (χ0) is 21.8. The van der Waals surface area contributed by atoms with Crippen molar-refractivity contribution in [1.29, 1.82) is 0 Å². The van der Waals surface area contributed by atoms with Crippen molar-refractivity contribution in [3.8, 4) is 0 Å². The summed E-state index contributed by atoms with van der Waals surface area (Å²) in [5, 5.41) is 6.48. The second kappa shape index (κ2) is 9.16. The normalized spacial score (nSPS) is 16.3. The number of anilines is 2. The number of carbonyl (C=O) groups is 2. The van der Waals surface area contributed by atoms with E-state index in [0.29, 0.717) is 43.9 Å². The molecule has 1 saturated heterocycles. The van der Waals surface area contributed by atoms with E-state index in [1.807, 2.05) is 47.2 Å². The molecule has 8 heteroatoms. The van der Waals surface area contributed by atoms with Crippen LogP contribution in [-0.2, 0) is 4.74 Å². The summed E-state index contributed by atoms with van der Waals surface area (Å²) in [6.07, 6.45) is 2.52. The van der Waals surface area contributed by atoms with Gasteiger partial charge in [0.1, 0.15) is 5.82 Å². The number of ether oxygens (including phenoxy) is 1. The van der Waals surface area contributed by atoms with Crippen LogP contribution in [0, 0.1) is 0 Å². The topological polar surface area (TPSA) is 78.3 Å². The van der Waals surface area contributed by atoms with Crippen molar-refractivity contribution in [1.82, 2.24) is 9.88 Å². The summed E-state index contributed by atoms with van der Waals surface area (Å²) in [7, 11) is 0. The van der Waals surface area contributed by atoms with Gasteiger partial charge in [0.25, 0.3) is 5.91 Å². The van der Waals surface area contributed by atoms with Crippen LogP contribution in [0.25, 0.3) is 0 Å². The third-order valence-corrected chi connectivity index (χ3v) is 5.54. The summed E-state index contributed by atoms with van der Waals surface area (Å²) in [6, 6.07) is 11.2. The van der Waals surface area contributed by atoms with Crippen LogP contribution in [0.1, 0.15) is 41.0 Å². The maximum Gasteiger partial charge on any atom is 0.339 e. The summed E-state index contributed by atoms with van der Waals surface area (Å²) in [4.78, 5) is 33.1. The van der Waals surface area contributed by atoms with Crippen molar-refractivity contribution in [2.75, 3.05) is 49.2 Å². The van der Waals surface area contributed by atoms with Crippen LogP contribution in [0.3, 0.4) is 0 Å². The standard InChI is InChI=1S/C23H27N5O3/c1-3-31-23(30)19-6-9-21(24-16-19)26-12-14-27(15-13-26)22(29)18-4-7-20(8-5-18)28-11-10-17(2)25-28/h4-9,16H,3,10-15H2,1-2H3. The zero-order valence-corrected chi connectivity index (χ0v) is 18.0. The second-order valence-corrected chi connectivity index (χ2v) is 7.66. The van der Waals surface area contributed by atoms with E-state index >= 15 is 0 Å². The number of esters is 1. The Balaban J connectivity index is 1.33. The van der Waals surface area contributed by atoms with E-state index in [-0.39, 0.29) is 11.9 Å². The van der Waals surface area contributed by atoms with E-state index in [2.05, 4.69) is 15.0 Å². The Labute approximate surface area is 182 Å². The minimum absolute atomic E-state index is 0.0397. The molecule has 0 unspecified atom stereocenters. The molecule has 0 radical (unpaired) electrons. The van der Waals surface area contributed by atoms with Crippen molar-refractivity contribution < 1.29 is 14.3 Å². The lowest BCUT2D eigenvalue weighted by Crippen LogP contribution is -2.49. The van der Waals surface area contributed by atoms with E-state index < -0.39 is 0 Å². The van der Waals surface area contributed by atoms with Gasteiger partial charge < -0.3 is 14.5 Å². The number of benzene rings is 1. The maximum atomic E-state index is 12.9. The first-order chi connectivity index (χ1) is 15.0. The van der Waals surface area contributed by atoms with Gasteiger partial charge in [-0.25, -0.2) is 9.78 Å². The molecule has 0 aliphatic carbocycles. The molecule has 2 aromatic rings. The summed E-state index contributed by atoms with van der Waals surface area (Å²) in [6.45, 7) is 7.66. The van der Waals surface area contributed by atoms with Crippen LogP contribution in [0.5, 0.6) is 0 Å². The summed E-state index contributed by atoms with van der Waals surface area (Å²) < 4.78 is 4.99. The molecule has 1 amide bonds. The van der Waals surface area contributed by atoms with Gasteiger partial charge in [0.15, 0.2) is 0 Å². The first-order valence-electron chi connectivity index (χ1n) is 10.6. The minimum Gasteiger partial charge on any atom is -0.462 e. The molecule has 162 valence electrons. The number of amides is 1. The Hall–Kier alpha value is -3.42. The Morgan fingerprint density at radius 1 is 0.968 bits per heavy atom. The van der Waals surface area contributed by atoms with Gasteiger partial charge in [0, 0.05) is 56.6 Å². The summed E-state index contributed by atoms with van der Waals surface area (Å²) in [5.41, 5.74) is 3.27. The predicted molar refractivity (Wildman–Crippen MR) is 120 cm³/mol. The largest absolute Gasteiger partial charge is 0.462 e. The molecule has 3 heterocycles. The molecule has 2 aliphatic rings. The van der Waals surface area contributed by atoms with Crippen molar-refractivity contribution in [3.05, 3.63) is 53.7 Å². The minimum atomic E-state index is -0.366. The number of hydrogen-bond donors (Lipinski definition) is 0. The summed E-state index contributed by atoms with van der Waals surface area (Å²) >= 11 is 0. The van der Waals surface area contributed by atoms with Gasteiger partial charge in [-0.2, -0.15) is 5.10 Å². The third-order valence-electron chi connectivity index (χ3n) is 5.54. The molecule has 2 aliphatic heterocycles. The molecule has 1 fully saturated rings. The zero-order valence-electron chi connectivity index (χ0n) is 18.0. The Morgan fingerprint density at radius 2 is 1.68 bits per heavy atom. The fourth-order valence-corrected chi connectivity index (χ4v) is 3.77. The molecule has 1 aromatic carbocycles. The smallest absolute Gasteiger partial charge is 0.339 e. The first kappa shape index (κ1) is 20.8. The molecule has 0 saturated carbocycles. The average Bonchev–Trinajstić information content (AvgIpc) is 3.25. The fourth-order valence-electron chi connectivity index (χ4n) is 3.77. The number of pyridine rings is 1. The monoisotopic (exact) mass is 421 g/mol. The van der Waals surface area contributed by atoms with E-state index in [9.17, 15) is 9.59 Å². The van der Waals surface area contributed by atoms with Gasteiger partial charge in [-0.15, -0.1) is 0 Å². The second-order valence-electron chi connectivity index (χ2n) is 7.66. The Bertz CT molecular complexity index is 964. The highest BCUT2D eigenvalue weighted by Crippen LogP contribution is 2.21. The molecular weight excluding hydrogens is 394 g/mol. The molecule has 0 spiro atoms. The van der Waals surface area contributed by atoms with Gasteiger partial charge >= 0.3 is 5.97 Å². The van der Waals surface area contributed by atoms with Crippen molar-refractivity contribution in [2.24, 2.45) is 5.10 Å². The number of rotatable bonds is 5. The van der Waals surface area contributed by atoms with Crippen LogP contribution in [-0.4, -0.2) is 66.8 Å². The SMILES string of the molecule is CCOC(=O)c1ccc(N2CCN(C(=O)c3ccc(N4CCC(C)=N4)cc3)CC2)nc1. The van der Waals surface area contributed by atoms with Crippen molar-refractivity contribution in [2.45, 2.75) is 20.3 Å². The molecule has 31 heavy (non-hydrogen) atoms. The number of piperazine rings is 1. The van der Waals surface area contributed by atoms with Gasteiger partial charge in [0.2, 0.25) is 0 Å². The van der Waals surface area contributed by atoms with Crippen LogP contribution >= 0.6 is 0 Å². The maximum absolute atomic E-state index is 12.9. The first-order valence-corrected chi connectivity index (χ1v) is 10.6. The van der Waals surface area contributed by atoms with Gasteiger partial charge in [0.05, 0.1) is 17.9 Å². The lowest BCUT2D eigenvalue weighted by atomic mass is 10.1. The quantitative estimate of drug-likeness (QED) is 0.691. The highest BCUT2D eigenvalue weighted by atomic mass is 16.5. The van der Waals surface area contributed by atoms with Gasteiger partial charge in [-0.05, 0) is 50.2 Å². The Kier molecular flexibility index (Phi) is 6.16. The molecular formula is C23H27N5O3. The highest BCUT2D eigenvalue weighted by molar-refractivity contribution is 5.95. The van der Waals surface area contributed by atoms with E-state index in [1.165, 1.54) is 6.20 Å². The van der Waals surface area contributed by atoms with Crippen LogP contribution in [0.2, 0.25) is 0 Å². The number of nitrogens with zero attached hydrogens (tertiary/aromatic N) is 5. The van der Waals surface area contributed by atoms with E-state index in [1.54, 1.807) is 13.0 Å². The van der Waals surface area contributed by atoms with E-state index in [4.69, 9.17) is 4.74 Å². The molecule has 1 aromatic heterocycles. The van der Waals surface area contributed by atoms with Crippen LogP contribution in [0.4, 0.5) is 11.5 Å². The number of hydrazone groups is 1. The fraction of sp³-hybridized carbons (Fsp3) is 0.391. The van der Waals surface area contributed by atoms with Crippen LogP contribution < -0.4 is 9.91 Å². The number of aromatic nitrogens is 1. The third kappa shape index (κ3) is 4.68. The number of carbonyl (C=O) groups excluding carboxylic acids is 2. The lowest BCUT2D eigenvalue weighted by molar-refractivity contribution is 0.0525. The van der Waals surface area contributed by atoms with Gasteiger partial charge in [-0.3, -0.25) is 9.80 Å². The van der Waals surface area contributed by atoms with Crippen molar-refractivity contribution >= 4 is 29.1 Å². The molecule has 0 bridgehead atoms. The molecule has 0 N–H and O–H groups in total. The average molecular weight is 422 g/mol. The summed E-state index contributed by atoms with van der Waals surface area (Å²) in [5.74, 6) is 0.471. The van der Waals surface area contributed by atoms with Crippen molar-refractivity contribution in [3.63, 3.8) is 0 Å². The predicted octanol–water partition coefficient (Wildman–Crippen LogP) is 2.81. The molecule has 8 nitrogen and oxygen atoms in total. The highest BCUT2D eigenvalue weighted by Gasteiger charge is 2.23. The van der Waals surface area contributed by atoms with Crippen LogP contribution in [0.15, 0.2) is 47.7 Å². The number of hydrogen-bond acceptors (Lipinski definition) is 7. The molecule has 0 atom stereocenters.